The summed E-state index contributed by atoms with van der Waals surface area (Å²) in [5.41, 5.74) is 11.2. The highest BCUT2D eigenvalue weighted by Crippen LogP contribution is 2.28. The van der Waals surface area contributed by atoms with E-state index in [0.717, 1.165) is 11.1 Å². The molecule has 10 heteroatoms. The van der Waals surface area contributed by atoms with Crippen LogP contribution in [0.4, 0.5) is 0 Å². The Morgan fingerprint density at radius 1 is 1.00 bits per heavy atom. The molecule has 1 atom stereocenters. The quantitative estimate of drug-likeness (QED) is 0.0728. The smallest absolute Gasteiger partial charge is 0.311 e. The Morgan fingerprint density at radius 3 is 2.25 bits per heavy atom. The van der Waals surface area contributed by atoms with Crippen molar-refractivity contribution in [1.29, 1.82) is 0 Å². The van der Waals surface area contributed by atoms with E-state index in [1.54, 1.807) is 13.2 Å². The van der Waals surface area contributed by atoms with Crippen molar-refractivity contribution < 1.29 is 23.7 Å². The molecular weight excluding hydrogens is 528 g/mol. The second-order valence-corrected chi connectivity index (χ2v) is 12.0. The van der Waals surface area contributed by atoms with E-state index in [-0.39, 0.29) is 42.2 Å². The molecule has 1 N–H and O–H groups in total. The number of carbonyl (C=O) groups excluding carboxylic acids is 1. The number of ether oxygens (including phenoxy) is 4. The maximum atomic E-state index is 12.4. The van der Waals surface area contributed by atoms with Gasteiger partial charge in [-0.3, -0.25) is 4.79 Å². The van der Waals surface area contributed by atoms with Crippen molar-refractivity contribution in [3.05, 3.63) is 69.6 Å². The summed E-state index contributed by atoms with van der Waals surface area (Å²) in [6.07, 6.45) is 0.683. The predicted molar refractivity (Wildman–Crippen MR) is 161 cm³/mol. The third kappa shape index (κ3) is 11.3. The van der Waals surface area contributed by atoms with Crippen molar-refractivity contribution in [2.45, 2.75) is 59.9 Å². The number of methoxy groups -OCH3 is 1. The Bertz CT molecular complexity index is 1170. The fourth-order valence-electron chi connectivity index (χ4n) is 3.65. The highest BCUT2D eigenvalue weighted by atomic mass is 32.1. The Morgan fingerprint density at radius 2 is 1.65 bits per heavy atom. The van der Waals surface area contributed by atoms with E-state index in [9.17, 15) is 4.79 Å². The van der Waals surface area contributed by atoms with Crippen molar-refractivity contribution in [1.82, 2.24) is 5.32 Å². The Hall–Kier alpha value is -3.49. The molecule has 0 saturated carbocycles. The van der Waals surface area contributed by atoms with Crippen LogP contribution in [0.3, 0.4) is 0 Å². The lowest BCUT2D eigenvalue weighted by Gasteiger charge is -2.23. The Kier molecular flexibility index (Phi) is 12.5. The maximum Gasteiger partial charge on any atom is 0.311 e. The van der Waals surface area contributed by atoms with Crippen molar-refractivity contribution in [2.24, 2.45) is 16.4 Å². The van der Waals surface area contributed by atoms with Crippen LogP contribution in [0.1, 0.15) is 58.2 Å². The first-order valence-electron chi connectivity index (χ1n) is 13.3. The number of azide groups is 1. The van der Waals surface area contributed by atoms with Gasteiger partial charge in [-0.15, -0.1) is 0 Å². The summed E-state index contributed by atoms with van der Waals surface area (Å²) >= 11 is 5.42. The molecular formula is C30H42N4O5S. The number of esters is 1. The van der Waals surface area contributed by atoms with Crippen LogP contribution < -0.4 is 14.8 Å². The maximum absolute atomic E-state index is 12.4. The summed E-state index contributed by atoms with van der Waals surface area (Å²) in [7, 11) is 1.56. The minimum Gasteiger partial charge on any atom is -0.493 e. The molecule has 9 nitrogen and oxygen atoms in total. The standard InChI is InChI=1S/C30H42N4O5S/c1-29(2,3)24-11-8-21(9-12-24)16-23(19-38-27(35)30(4,5)6)20-39-28(40)32-18-22-10-13-25(26(17-22)36-7)37-15-14-33-34-31/h8-13,17,23H,14-16,18-20H2,1-7H3,(H,32,40). The summed E-state index contributed by atoms with van der Waals surface area (Å²) in [5, 5.41) is 6.82. The number of hydrogen-bond donors (Lipinski definition) is 1. The average Bonchev–Trinajstić information content (AvgIpc) is 2.90. The van der Waals surface area contributed by atoms with E-state index >= 15 is 0 Å². The van der Waals surface area contributed by atoms with Gasteiger partial charge >= 0.3 is 5.97 Å². The Balaban J connectivity index is 1.97. The van der Waals surface area contributed by atoms with Gasteiger partial charge in [0, 0.05) is 17.4 Å². The van der Waals surface area contributed by atoms with Gasteiger partial charge < -0.3 is 24.3 Å². The van der Waals surface area contributed by atoms with Crippen molar-refractivity contribution in [3.63, 3.8) is 0 Å². The molecule has 0 bridgehead atoms. The summed E-state index contributed by atoms with van der Waals surface area (Å²) in [6, 6.07) is 14.0. The lowest BCUT2D eigenvalue weighted by Crippen LogP contribution is -2.30. The average molecular weight is 571 g/mol. The van der Waals surface area contributed by atoms with Gasteiger partial charge in [0.25, 0.3) is 5.17 Å². The van der Waals surface area contributed by atoms with Crippen LogP contribution in [-0.2, 0) is 32.6 Å². The van der Waals surface area contributed by atoms with Crippen LogP contribution in [0.2, 0.25) is 0 Å². The van der Waals surface area contributed by atoms with E-state index in [1.807, 2.05) is 32.9 Å². The largest absolute Gasteiger partial charge is 0.493 e. The number of rotatable bonds is 13. The summed E-state index contributed by atoms with van der Waals surface area (Å²) < 4.78 is 22.5. The van der Waals surface area contributed by atoms with Gasteiger partial charge in [-0.1, -0.05) is 56.2 Å². The zero-order chi connectivity index (χ0) is 29.8. The molecule has 218 valence electrons. The summed E-state index contributed by atoms with van der Waals surface area (Å²) in [4.78, 5) is 15.1. The van der Waals surface area contributed by atoms with Gasteiger partial charge in [0.05, 0.1) is 38.9 Å². The van der Waals surface area contributed by atoms with E-state index in [1.165, 1.54) is 5.56 Å². The van der Waals surface area contributed by atoms with Crippen LogP contribution in [0.5, 0.6) is 11.5 Å². The summed E-state index contributed by atoms with van der Waals surface area (Å²) in [6.45, 7) is 13.5. The van der Waals surface area contributed by atoms with Crippen LogP contribution in [0.15, 0.2) is 47.6 Å². The first-order valence-corrected chi connectivity index (χ1v) is 13.7. The van der Waals surface area contributed by atoms with E-state index in [4.69, 9.17) is 36.7 Å². The molecule has 0 saturated heterocycles. The number of thiocarbonyl (C=S) groups is 1. The number of nitrogens with one attached hydrogen (secondary N) is 1. The van der Waals surface area contributed by atoms with Gasteiger partial charge in [-0.2, -0.15) is 0 Å². The third-order valence-corrected chi connectivity index (χ3v) is 6.30. The molecule has 0 aliphatic rings. The van der Waals surface area contributed by atoms with Gasteiger partial charge in [0.1, 0.15) is 0 Å². The highest BCUT2D eigenvalue weighted by molar-refractivity contribution is 7.80. The number of hydrogen-bond acceptors (Lipinski definition) is 7. The molecule has 0 aromatic heterocycles. The molecule has 40 heavy (non-hydrogen) atoms. The third-order valence-electron chi connectivity index (χ3n) is 6.03. The zero-order valence-corrected chi connectivity index (χ0v) is 25.5. The molecule has 2 aromatic carbocycles. The predicted octanol–water partition coefficient (Wildman–Crippen LogP) is 6.52. The first-order chi connectivity index (χ1) is 18.8. The van der Waals surface area contributed by atoms with Crippen molar-refractivity contribution >= 4 is 23.4 Å². The second-order valence-electron chi connectivity index (χ2n) is 11.6. The first kappa shape index (κ1) is 32.7. The lowest BCUT2D eigenvalue weighted by molar-refractivity contribution is -0.154. The molecule has 0 fully saturated rings. The van der Waals surface area contributed by atoms with E-state index in [2.05, 4.69) is 60.4 Å². The SMILES string of the molecule is COc1cc(CNC(=S)OCC(COC(=O)C(C)(C)C)Cc2ccc(C(C)(C)C)cc2)ccc1OCCN=[N+]=[N-]. The van der Waals surface area contributed by atoms with E-state index in [0.29, 0.717) is 31.1 Å². The molecule has 0 heterocycles. The number of carbonyl (C=O) groups is 1. The minimum atomic E-state index is -0.581. The molecule has 0 aliphatic heterocycles. The molecule has 0 aliphatic carbocycles. The van der Waals surface area contributed by atoms with Crippen LogP contribution in [0.25, 0.3) is 10.4 Å². The van der Waals surface area contributed by atoms with Crippen LogP contribution in [0, 0.1) is 11.3 Å². The van der Waals surface area contributed by atoms with Crippen molar-refractivity contribution in [2.75, 3.05) is 33.5 Å². The normalized spacial score (nSPS) is 12.1. The van der Waals surface area contributed by atoms with Crippen LogP contribution in [-0.4, -0.2) is 44.6 Å². The number of benzene rings is 2. The Labute approximate surface area is 243 Å². The lowest BCUT2D eigenvalue weighted by atomic mass is 9.86. The topological polar surface area (TPSA) is 115 Å². The fourth-order valence-corrected chi connectivity index (χ4v) is 3.79. The fraction of sp³-hybridized carbons (Fsp3) is 0.533. The molecule has 2 aromatic rings. The van der Waals surface area contributed by atoms with Crippen molar-refractivity contribution in [3.8, 4) is 11.5 Å². The highest BCUT2D eigenvalue weighted by Gasteiger charge is 2.25. The monoisotopic (exact) mass is 570 g/mol. The zero-order valence-electron chi connectivity index (χ0n) is 24.7. The number of nitrogens with zero attached hydrogens (tertiary/aromatic N) is 3. The minimum absolute atomic E-state index is 0.0750. The van der Waals surface area contributed by atoms with Gasteiger partial charge in [0.2, 0.25) is 0 Å². The molecule has 0 amide bonds. The summed E-state index contributed by atoms with van der Waals surface area (Å²) in [5.74, 6) is 0.792. The molecule has 0 radical (unpaired) electrons. The molecule has 1 unspecified atom stereocenters. The van der Waals surface area contributed by atoms with Gasteiger partial charge in [0.15, 0.2) is 11.5 Å². The molecule has 2 rings (SSSR count). The van der Waals surface area contributed by atoms with Gasteiger partial charge in [-0.25, -0.2) is 0 Å². The van der Waals surface area contributed by atoms with Crippen LogP contribution >= 0.6 is 12.2 Å². The van der Waals surface area contributed by atoms with E-state index < -0.39 is 5.41 Å². The molecule has 0 spiro atoms. The van der Waals surface area contributed by atoms with Gasteiger partial charge in [-0.05, 0) is 79.2 Å². The second kappa shape index (κ2) is 15.3.